The quantitative estimate of drug-likeness (QED) is 0.806. The van der Waals surface area contributed by atoms with Crippen molar-refractivity contribution in [1.29, 1.82) is 0 Å². The van der Waals surface area contributed by atoms with Crippen LogP contribution in [-0.4, -0.2) is 20.4 Å². The van der Waals surface area contributed by atoms with Gasteiger partial charge in [-0.3, -0.25) is 9.36 Å². The van der Waals surface area contributed by atoms with Crippen LogP contribution in [0.1, 0.15) is 29.9 Å². The summed E-state index contributed by atoms with van der Waals surface area (Å²) < 4.78 is 1.82. The highest BCUT2D eigenvalue weighted by Gasteiger charge is 2.26. The number of carbonyl (C=O) groups excluding carboxylic acids is 1. The first kappa shape index (κ1) is 14.6. The summed E-state index contributed by atoms with van der Waals surface area (Å²) in [6, 6.07) is 12.0. The largest absolute Gasteiger partial charge is 0.324 e. The van der Waals surface area contributed by atoms with Gasteiger partial charge in [0.1, 0.15) is 12.1 Å². The summed E-state index contributed by atoms with van der Waals surface area (Å²) in [6.07, 6.45) is 9.91. The van der Waals surface area contributed by atoms with Gasteiger partial charge in [0.15, 0.2) is 0 Å². The Bertz CT molecular complexity index is 840. The standard InChI is InChI=1S/C19H18N4O/c24-19(17-7-3-5-14-4-1-2-6-16(14)17)22-15-8-9-18(21-12-15)23-11-10-20-13-23/h1-2,4,6,8-13,17H,3,5,7H2,(H,22,24)/t17-/m1/s1. The van der Waals surface area contributed by atoms with Crippen LogP contribution in [0.4, 0.5) is 5.69 Å². The van der Waals surface area contributed by atoms with Crippen molar-refractivity contribution in [3.8, 4) is 5.82 Å². The van der Waals surface area contributed by atoms with Gasteiger partial charge < -0.3 is 5.32 Å². The van der Waals surface area contributed by atoms with Gasteiger partial charge in [0, 0.05) is 12.4 Å². The number of benzene rings is 1. The normalized spacial score (nSPS) is 16.4. The first-order chi connectivity index (χ1) is 11.8. The third kappa shape index (κ3) is 2.80. The topological polar surface area (TPSA) is 59.8 Å². The molecule has 120 valence electrons. The Labute approximate surface area is 140 Å². The predicted molar refractivity (Wildman–Crippen MR) is 92.1 cm³/mol. The number of pyridine rings is 1. The Morgan fingerprint density at radius 2 is 2.12 bits per heavy atom. The Morgan fingerprint density at radius 3 is 2.92 bits per heavy atom. The van der Waals surface area contributed by atoms with Gasteiger partial charge in [0.25, 0.3) is 0 Å². The van der Waals surface area contributed by atoms with E-state index in [1.54, 1.807) is 18.7 Å². The molecule has 2 heterocycles. The fourth-order valence-electron chi connectivity index (χ4n) is 3.26. The zero-order valence-corrected chi connectivity index (χ0v) is 13.2. The van der Waals surface area contributed by atoms with Crippen molar-refractivity contribution in [2.75, 3.05) is 5.32 Å². The van der Waals surface area contributed by atoms with Crippen molar-refractivity contribution in [3.63, 3.8) is 0 Å². The van der Waals surface area contributed by atoms with Crippen LogP contribution >= 0.6 is 0 Å². The molecule has 3 aromatic rings. The molecule has 5 nitrogen and oxygen atoms in total. The number of rotatable bonds is 3. The molecule has 0 spiro atoms. The third-order valence-corrected chi connectivity index (χ3v) is 4.47. The van der Waals surface area contributed by atoms with Gasteiger partial charge in [-0.2, -0.15) is 0 Å². The summed E-state index contributed by atoms with van der Waals surface area (Å²) in [6.45, 7) is 0. The average Bonchev–Trinajstić information content (AvgIpc) is 3.16. The fraction of sp³-hybridized carbons (Fsp3) is 0.211. The summed E-state index contributed by atoms with van der Waals surface area (Å²) in [5.41, 5.74) is 3.16. The summed E-state index contributed by atoms with van der Waals surface area (Å²) >= 11 is 0. The molecule has 1 amide bonds. The molecule has 0 fully saturated rings. The van der Waals surface area contributed by atoms with E-state index in [0.717, 1.165) is 30.6 Å². The molecule has 4 rings (SSSR count). The van der Waals surface area contributed by atoms with Gasteiger partial charge >= 0.3 is 0 Å². The zero-order chi connectivity index (χ0) is 16.4. The second-order valence-corrected chi connectivity index (χ2v) is 6.01. The van der Waals surface area contributed by atoms with Crippen molar-refractivity contribution in [1.82, 2.24) is 14.5 Å². The Morgan fingerprint density at radius 1 is 1.21 bits per heavy atom. The molecule has 0 saturated heterocycles. The molecular formula is C19H18N4O. The average molecular weight is 318 g/mol. The third-order valence-electron chi connectivity index (χ3n) is 4.47. The van der Waals surface area contributed by atoms with Crippen LogP contribution < -0.4 is 5.32 Å². The van der Waals surface area contributed by atoms with Gasteiger partial charge in [-0.05, 0) is 42.5 Å². The molecule has 1 aromatic carbocycles. The maximum atomic E-state index is 12.7. The minimum Gasteiger partial charge on any atom is -0.324 e. The molecule has 1 aliphatic carbocycles. The molecule has 0 radical (unpaired) electrons. The van der Waals surface area contributed by atoms with Gasteiger partial charge in [0.05, 0.1) is 17.8 Å². The number of nitrogens with zero attached hydrogens (tertiary/aromatic N) is 3. The Kier molecular flexibility index (Phi) is 3.83. The van der Waals surface area contributed by atoms with Crippen LogP contribution in [0.25, 0.3) is 5.82 Å². The van der Waals surface area contributed by atoms with E-state index in [1.165, 1.54) is 5.56 Å². The van der Waals surface area contributed by atoms with E-state index < -0.39 is 0 Å². The van der Waals surface area contributed by atoms with Crippen LogP contribution in [0.5, 0.6) is 0 Å². The lowest BCUT2D eigenvalue weighted by molar-refractivity contribution is -0.117. The van der Waals surface area contributed by atoms with E-state index in [-0.39, 0.29) is 11.8 Å². The van der Waals surface area contributed by atoms with Crippen molar-refractivity contribution in [2.45, 2.75) is 25.2 Å². The molecule has 1 atom stereocenters. The number of anilines is 1. The predicted octanol–water partition coefficient (Wildman–Crippen LogP) is 3.33. The Balaban J connectivity index is 1.51. The number of carbonyl (C=O) groups is 1. The summed E-state index contributed by atoms with van der Waals surface area (Å²) in [4.78, 5) is 21.1. The van der Waals surface area contributed by atoms with Crippen molar-refractivity contribution in [2.24, 2.45) is 0 Å². The van der Waals surface area contributed by atoms with E-state index in [4.69, 9.17) is 0 Å². The van der Waals surface area contributed by atoms with Gasteiger partial charge in [-0.1, -0.05) is 24.3 Å². The lowest BCUT2D eigenvalue weighted by Gasteiger charge is -2.24. The molecule has 1 N–H and O–H groups in total. The molecule has 2 aromatic heterocycles. The lowest BCUT2D eigenvalue weighted by Crippen LogP contribution is -2.24. The molecular weight excluding hydrogens is 300 g/mol. The molecule has 0 bridgehead atoms. The molecule has 0 saturated carbocycles. The first-order valence-corrected chi connectivity index (χ1v) is 8.14. The molecule has 24 heavy (non-hydrogen) atoms. The van der Waals surface area contributed by atoms with E-state index in [0.29, 0.717) is 5.69 Å². The molecule has 5 heteroatoms. The fourth-order valence-corrected chi connectivity index (χ4v) is 3.26. The second-order valence-electron chi connectivity index (χ2n) is 6.01. The Hall–Kier alpha value is -2.95. The molecule has 0 aliphatic heterocycles. The van der Waals surface area contributed by atoms with Crippen LogP contribution in [0.2, 0.25) is 0 Å². The first-order valence-electron chi connectivity index (χ1n) is 8.14. The molecule has 0 unspecified atom stereocenters. The lowest BCUT2D eigenvalue weighted by atomic mass is 9.82. The number of hydrogen-bond acceptors (Lipinski definition) is 3. The van der Waals surface area contributed by atoms with E-state index in [1.807, 2.05) is 35.0 Å². The minimum absolute atomic E-state index is 0.0410. The summed E-state index contributed by atoms with van der Waals surface area (Å²) in [7, 11) is 0. The smallest absolute Gasteiger partial charge is 0.231 e. The highest BCUT2D eigenvalue weighted by Crippen LogP contribution is 2.32. The molecule has 1 aliphatic rings. The number of amides is 1. The van der Waals surface area contributed by atoms with Gasteiger partial charge in [0.2, 0.25) is 5.91 Å². The number of imidazole rings is 1. The van der Waals surface area contributed by atoms with Crippen LogP contribution in [-0.2, 0) is 11.2 Å². The van der Waals surface area contributed by atoms with Gasteiger partial charge in [-0.25, -0.2) is 9.97 Å². The van der Waals surface area contributed by atoms with Gasteiger partial charge in [-0.15, -0.1) is 0 Å². The highest BCUT2D eigenvalue weighted by molar-refractivity contribution is 5.96. The number of aromatic nitrogens is 3. The zero-order valence-electron chi connectivity index (χ0n) is 13.2. The monoisotopic (exact) mass is 318 g/mol. The van der Waals surface area contributed by atoms with E-state index >= 15 is 0 Å². The highest BCUT2D eigenvalue weighted by atomic mass is 16.1. The number of aryl methyl sites for hydroxylation is 1. The number of nitrogens with one attached hydrogen (secondary N) is 1. The second kappa shape index (κ2) is 6.28. The van der Waals surface area contributed by atoms with Crippen LogP contribution in [0.3, 0.4) is 0 Å². The van der Waals surface area contributed by atoms with Crippen LogP contribution in [0, 0.1) is 0 Å². The maximum absolute atomic E-state index is 12.7. The van der Waals surface area contributed by atoms with Crippen molar-refractivity contribution < 1.29 is 4.79 Å². The van der Waals surface area contributed by atoms with Crippen molar-refractivity contribution >= 4 is 11.6 Å². The minimum atomic E-state index is -0.0803. The van der Waals surface area contributed by atoms with Crippen molar-refractivity contribution in [3.05, 3.63) is 72.4 Å². The summed E-state index contributed by atoms with van der Waals surface area (Å²) in [5.74, 6) is 0.733. The maximum Gasteiger partial charge on any atom is 0.231 e. The summed E-state index contributed by atoms with van der Waals surface area (Å²) in [5, 5.41) is 3.00. The SMILES string of the molecule is O=C(Nc1ccc(-n2ccnc2)nc1)[C@@H]1CCCc2ccccc21. The van der Waals surface area contributed by atoms with Crippen LogP contribution in [0.15, 0.2) is 61.3 Å². The van der Waals surface area contributed by atoms with E-state index in [9.17, 15) is 4.79 Å². The number of fused-ring (bicyclic) bond motifs is 1. The number of hydrogen-bond donors (Lipinski definition) is 1. The van der Waals surface area contributed by atoms with E-state index in [2.05, 4.69) is 27.4 Å².